The monoisotopic (exact) mass is 325 g/mol. The fourth-order valence-electron chi connectivity index (χ4n) is 2.79. The molecule has 0 bridgehead atoms. The molecule has 0 saturated carbocycles. The minimum atomic E-state index is 0.794. The number of ether oxygens (including phenoxy) is 2. The Balaban J connectivity index is 1.63. The van der Waals surface area contributed by atoms with Crippen LogP contribution in [0.5, 0.6) is 11.5 Å². The summed E-state index contributed by atoms with van der Waals surface area (Å²) in [6, 6.07) is 16.2. The molecule has 2 aromatic rings. The molecule has 3 rings (SSSR count). The molecule has 0 atom stereocenters. The number of hydrazone groups is 1. The number of piperazine rings is 1. The van der Waals surface area contributed by atoms with Gasteiger partial charge in [-0.15, -0.1) is 0 Å². The van der Waals surface area contributed by atoms with Crippen molar-refractivity contribution in [2.45, 2.75) is 0 Å². The first kappa shape index (κ1) is 16.2. The van der Waals surface area contributed by atoms with Gasteiger partial charge in [0.25, 0.3) is 0 Å². The van der Waals surface area contributed by atoms with E-state index in [2.05, 4.69) is 39.3 Å². The minimum absolute atomic E-state index is 0.794. The second-order valence-corrected chi connectivity index (χ2v) is 5.63. The van der Waals surface area contributed by atoms with Gasteiger partial charge in [-0.2, -0.15) is 5.10 Å². The van der Waals surface area contributed by atoms with Crippen LogP contribution in [-0.2, 0) is 0 Å². The molecule has 0 aliphatic carbocycles. The lowest BCUT2D eigenvalue weighted by Gasteiger charge is -2.34. The molecule has 5 nitrogen and oxygen atoms in total. The maximum atomic E-state index is 5.39. The third-order valence-corrected chi connectivity index (χ3v) is 4.17. The molecule has 126 valence electrons. The summed E-state index contributed by atoms with van der Waals surface area (Å²) in [5, 5.41) is 6.71. The predicted molar refractivity (Wildman–Crippen MR) is 97.4 cm³/mol. The summed E-state index contributed by atoms with van der Waals surface area (Å²) >= 11 is 0. The maximum Gasteiger partial charge on any atom is 0.127 e. The van der Waals surface area contributed by atoms with Gasteiger partial charge in [0.05, 0.1) is 33.5 Å². The quantitative estimate of drug-likeness (QED) is 0.792. The summed E-state index contributed by atoms with van der Waals surface area (Å²) in [5.74, 6) is 1.59. The first-order chi connectivity index (χ1) is 11.8. The van der Waals surface area contributed by atoms with Crippen LogP contribution in [0.2, 0.25) is 0 Å². The van der Waals surface area contributed by atoms with Crippen molar-refractivity contribution in [3.63, 3.8) is 0 Å². The number of hydrogen-bond acceptors (Lipinski definition) is 5. The molecule has 0 spiro atoms. The molecule has 1 fully saturated rings. The van der Waals surface area contributed by atoms with Crippen molar-refractivity contribution in [3.05, 3.63) is 54.1 Å². The van der Waals surface area contributed by atoms with Crippen molar-refractivity contribution in [1.29, 1.82) is 0 Å². The molecular weight excluding hydrogens is 302 g/mol. The number of para-hydroxylation sites is 1. The van der Waals surface area contributed by atoms with Crippen molar-refractivity contribution in [2.24, 2.45) is 5.10 Å². The SMILES string of the molecule is COc1ccc(OC)c(C=NN2CCN(c3ccccc3)CC2)c1. The highest BCUT2D eigenvalue weighted by Gasteiger charge is 2.15. The van der Waals surface area contributed by atoms with E-state index in [9.17, 15) is 0 Å². The largest absolute Gasteiger partial charge is 0.497 e. The summed E-state index contributed by atoms with van der Waals surface area (Å²) in [7, 11) is 3.32. The van der Waals surface area contributed by atoms with Gasteiger partial charge in [-0.3, -0.25) is 5.01 Å². The third kappa shape index (κ3) is 3.79. The molecular formula is C19H23N3O2. The highest BCUT2D eigenvalue weighted by atomic mass is 16.5. The first-order valence-electron chi connectivity index (χ1n) is 8.11. The molecule has 24 heavy (non-hydrogen) atoms. The van der Waals surface area contributed by atoms with Gasteiger partial charge in [-0.1, -0.05) is 18.2 Å². The van der Waals surface area contributed by atoms with Crippen molar-refractivity contribution < 1.29 is 9.47 Å². The van der Waals surface area contributed by atoms with Crippen molar-refractivity contribution >= 4 is 11.9 Å². The van der Waals surface area contributed by atoms with Crippen LogP contribution in [0.3, 0.4) is 0 Å². The molecule has 0 N–H and O–H groups in total. The zero-order chi connectivity index (χ0) is 16.8. The summed E-state index contributed by atoms with van der Waals surface area (Å²) < 4.78 is 10.7. The highest BCUT2D eigenvalue weighted by Crippen LogP contribution is 2.22. The van der Waals surface area contributed by atoms with Crippen LogP contribution in [0, 0.1) is 0 Å². The van der Waals surface area contributed by atoms with Crippen LogP contribution >= 0.6 is 0 Å². The van der Waals surface area contributed by atoms with Crippen LogP contribution in [0.4, 0.5) is 5.69 Å². The lowest BCUT2D eigenvalue weighted by Crippen LogP contribution is -2.44. The fourth-order valence-corrected chi connectivity index (χ4v) is 2.79. The normalized spacial score (nSPS) is 14.9. The van der Waals surface area contributed by atoms with E-state index in [-0.39, 0.29) is 0 Å². The van der Waals surface area contributed by atoms with Gasteiger partial charge in [0.2, 0.25) is 0 Å². The number of hydrogen-bond donors (Lipinski definition) is 0. The second kappa shape index (κ2) is 7.73. The van der Waals surface area contributed by atoms with Crippen LogP contribution in [0.15, 0.2) is 53.6 Å². The zero-order valence-corrected chi connectivity index (χ0v) is 14.2. The smallest absolute Gasteiger partial charge is 0.127 e. The summed E-state index contributed by atoms with van der Waals surface area (Å²) in [4.78, 5) is 2.39. The lowest BCUT2D eigenvalue weighted by atomic mass is 10.2. The minimum Gasteiger partial charge on any atom is -0.497 e. The number of methoxy groups -OCH3 is 2. The van der Waals surface area contributed by atoms with E-state index in [1.54, 1.807) is 14.2 Å². The molecule has 2 aromatic carbocycles. The Hall–Kier alpha value is -2.69. The Labute approximate surface area is 143 Å². The van der Waals surface area contributed by atoms with Gasteiger partial charge in [0.15, 0.2) is 0 Å². The van der Waals surface area contributed by atoms with Gasteiger partial charge >= 0.3 is 0 Å². The summed E-state index contributed by atoms with van der Waals surface area (Å²) in [5.41, 5.74) is 2.19. The van der Waals surface area contributed by atoms with Crippen LogP contribution < -0.4 is 14.4 Å². The maximum absolute atomic E-state index is 5.39. The molecule has 0 aromatic heterocycles. The van der Waals surface area contributed by atoms with E-state index >= 15 is 0 Å². The Kier molecular flexibility index (Phi) is 5.21. The highest BCUT2D eigenvalue weighted by molar-refractivity contribution is 5.84. The van der Waals surface area contributed by atoms with Crippen molar-refractivity contribution in [2.75, 3.05) is 45.3 Å². The van der Waals surface area contributed by atoms with Gasteiger partial charge in [-0.05, 0) is 30.3 Å². The molecule has 5 heteroatoms. The number of anilines is 1. The number of rotatable bonds is 5. The molecule has 1 aliphatic rings. The van der Waals surface area contributed by atoms with Crippen LogP contribution in [0.25, 0.3) is 0 Å². The average Bonchev–Trinajstić information content (AvgIpc) is 2.67. The van der Waals surface area contributed by atoms with E-state index in [0.29, 0.717) is 0 Å². The van der Waals surface area contributed by atoms with E-state index in [1.807, 2.05) is 30.5 Å². The Morgan fingerprint density at radius 1 is 0.917 bits per heavy atom. The van der Waals surface area contributed by atoms with Crippen molar-refractivity contribution in [1.82, 2.24) is 5.01 Å². The second-order valence-electron chi connectivity index (χ2n) is 5.63. The van der Waals surface area contributed by atoms with Crippen LogP contribution in [0.1, 0.15) is 5.56 Å². The Morgan fingerprint density at radius 3 is 2.33 bits per heavy atom. The Morgan fingerprint density at radius 2 is 1.67 bits per heavy atom. The van der Waals surface area contributed by atoms with Crippen molar-refractivity contribution in [3.8, 4) is 11.5 Å². The third-order valence-electron chi connectivity index (χ3n) is 4.17. The molecule has 0 amide bonds. The zero-order valence-electron chi connectivity index (χ0n) is 14.2. The van der Waals surface area contributed by atoms with E-state index in [0.717, 1.165) is 43.2 Å². The Bertz CT molecular complexity index is 680. The lowest BCUT2D eigenvalue weighted by molar-refractivity contribution is 0.272. The summed E-state index contributed by atoms with van der Waals surface area (Å²) in [6.45, 7) is 3.74. The number of benzene rings is 2. The van der Waals surface area contributed by atoms with E-state index in [1.165, 1.54) is 5.69 Å². The molecule has 0 radical (unpaired) electrons. The molecule has 1 saturated heterocycles. The summed E-state index contributed by atoms with van der Waals surface area (Å²) in [6.07, 6.45) is 1.85. The van der Waals surface area contributed by atoms with Gasteiger partial charge in [0.1, 0.15) is 11.5 Å². The topological polar surface area (TPSA) is 37.3 Å². The van der Waals surface area contributed by atoms with Crippen LogP contribution in [-0.4, -0.2) is 51.6 Å². The average molecular weight is 325 g/mol. The number of nitrogens with zero attached hydrogens (tertiary/aromatic N) is 3. The molecule has 0 unspecified atom stereocenters. The molecule has 1 heterocycles. The predicted octanol–water partition coefficient (Wildman–Crippen LogP) is 2.86. The fraction of sp³-hybridized carbons (Fsp3) is 0.316. The standard InChI is InChI=1S/C19H23N3O2/c1-23-18-8-9-19(24-2)16(14-18)15-20-22-12-10-21(11-13-22)17-6-4-3-5-7-17/h3-9,14-15H,10-13H2,1-2H3. The molecule has 1 aliphatic heterocycles. The van der Waals surface area contributed by atoms with Gasteiger partial charge in [-0.25, -0.2) is 0 Å². The van der Waals surface area contributed by atoms with E-state index < -0.39 is 0 Å². The van der Waals surface area contributed by atoms with Gasteiger partial charge < -0.3 is 14.4 Å². The first-order valence-corrected chi connectivity index (χ1v) is 8.11. The van der Waals surface area contributed by atoms with E-state index in [4.69, 9.17) is 9.47 Å². The van der Waals surface area contributed by atoms with Gasteiger partial charge in [0, 0.05) is 24.3 Å².